The Kier molecular flexibility index (Phi) is 4.40. The first-order valence-electron chi connectivity index (χ1n) is 5.94. The average Bonchev–Trinajstić information content (AvgIpc) is 2.14. The third kappa shape index (κ3) is 3.36. The van der Waals surface area contributed by atoms with E-state index in [1.165, 1.54) is 20.8 Å². The van der Waals surface area contributed by atoms with E-state index in [0.29, 0.717) is 13.0 Å². The Morgan fingerprint density at radius 2 is 1.82 bits per heavy atom. The molecule has 1 aliphatic heterocycles. The van der Waals surface area contributed by atoms with Crippen molar-refractivity contribution in [2.45, 2.75) is 46.1 Å². The summed E-state index contributed by atoms with van der Waals surface area (Å²) in [5, 5.41) is 0. The van der Waals surface area contributed by atoms with Gasteiger partial charge in [0.2, 0.25) is 0 Å². The number of hydrogen-bond acceptors (Lipinski definition) is 4. The van der Waals surface area contributed by atoms with Gasteiger partial charge in [-0.3, -0.25) is 14.4 Å². The summed E-state index contributed by atoms with van der Waals surface area (Å²) in [5.74, 6) is -0.536. The molecule has 1 heterocycles. The van der Waals surface area contributed by atoms with Crippen molar-refractivity contribution in [3.8, 4) is 0 Å². The van der Waals surface area contributed by atoms with Gasteiger partial charge in [0, 0.05) is 33.6 Å². The van der Waals surface area contributed by atoms with E-state index in [9.17, 15) is 14.4 Å². The van der Waals surface area contributed by atoms with E-state index in [1.54, 1.807) is 0 Å². The highest BCUT2D eigenvalue weighted by Gasteiger charge is 2.47. The molecular weight excluding hydrogens is 222 g/mol. The summed E-state index contributed by atoms with van der Waals surface area (Å²) in [7, 11) is 0. The van der Waals surface area contributed by atoms with Crippen LogP contribution < -0.4 is 0 Å². The van der Waals surface area contributed by atoms with Crippen LogP contribution in [-0.4, -0.2) is 41.3 Å². The third-order valence-electron chi connectivity index (χ3n) is 3.10. The molecule has 0 amide bonds. The smallest absolute Gasteiger partial charge is 0.294 e. The highest BCUT2D eigenvalue weighted by Crippen LogP contribution is 2.27. The molecule has 17 heavy (non-hydrogen) atoms. The van der Waals surface area contributed by atoms with Crippen LogP contribution in [0, 0.1) is 0 Å². The van der Waals surface area contributed by atoms with Crippen molar-refractivity contribution in [3.05, 3.63) is 0 Å². The van der Waals surface area contributed by atoms with Crippen molar-refractivity contribution in [2.75, 3.05) is 13.1 Å². The Labute approximate surface area is 101 Å². The number of rotatable bonds is 4. The predicted molar refractivity (Wildman–Crippen MR) is 60.8 cm³/mol. The highest BCUT2D eigenvalue weighted by molar-refractivity contribution is 5.81. The molecule has 1 saturated heterocycles. The van der Waals surface area contributed by atoms with E-state index >= 15 is 0 Å². The molecule has 0 aromatic carbocycles. The Bertz CT molecular complexity index is 321. The van der Waals surface area contributed by atoms with Gasteiger partial charge in [-0.2, -0.15) is 0 Å². The molecule has 1 fully saturated rings. The first-order chi connectivity index (χ1) is 7.87. The van der Waals surface area contributed by atoms with Gasteiger partial charge in [-0.15, -0.1) is 4.65 Å². The fourth-order valence-corrected chi connectivity index (χ4v) is 2.61. The molecule has 0 saturated carbocycles. The molecule has 0 bridgehead atoms. The molecule has 1 aliphatic rings. The minimum atomic E-state index is -0.445. The highest BCUT2D eigenvalue weighted by atomic mass is 16.7. The van der Waals surface area contributed by atoms with Crippen LogP contribution in [-0.2, 0) is 19.2 Å². The van der Waals surface area contributed by atoms with Crippen molar-refractivity contribution in [2.24, 2.45) is 0 Å². The van der Waals surface area contributed by atoms with Gasteiger partial charge in [0.1, 0.15) is 6.54 Å². The molecule has 0 N–H and O–H groups in total. The van der Waals surface area contributed by atoms with Gasteiger partial charge >= 0.3 is 5.97 Å². The maximum absolute atomic E-state index is 11.7. The second kappa shape index (κ2) is 5.40. The van der Waals surface area contributed by atoms with Gasteiger partial charge in [-0.1, -0.05) is 0 Å². The van der Waals surface area contributed by atoms with Gasteiger partial charge in [0.25, 0.3) is 0 Å². The van der Waals surface area contributed by atoms with Crippen LogP contribution in [0.25, 0.3) is 0 Å². The Hall–Kier alpha value is -1.23. The maximum Gasteiger partial charge on any atom is 0.363 e. The SMILES string of the molecule is CC(=O)C[N+]1(OC(C)=O)CCCCC1C(C)=O. The summed E-state index contributed by atoms with van der Waals surface area (Å²) in [6.07, 6.45) is 2.48. The van der Waals surface area contributed by atoms with Crippen molar-refractivity contribution >= 4 is 17.5 Å². The standard InChI is InChI=1S/C12H20NO4/c1-9(14)8-13(17-11(3)16)7-5-4-6-12(13)10(2)15/h12H,4-8H2,1-3H3/q+1. The number of Topliss-reactive ketones (excluding diaryl/α,β-unsaturated/α-hetero) is 2. The number of nitrogens with zero attached hydrogens (tertiary/aromatic N) is 1. The van der Waals surface area contributed by atoms with Crippen LogP contribution in [0.1, 0.15) is 40.0 Å². The van der Waals surface area contributed by atoms with E-state index in [-0.39, 0.29) is 22.8 Å². The summed E-state index contributed by atoms with van der Waals surface area (Å²) < 4.78 is -0.139. The maximum atomic E-state index is 11.7. The fourth-order valence-electron chi connectivity index (χ4n) is 2.61. The summed E-state index contributed by atoms with van der Waals surface area (Å²) in [6, 6.07) is -0.392. The average molecular weight is 242 g/mol. The van der Waals surface area contributed by atoms with Gasteiger partial charge < -0.3 is 0 Å². The number of hydroxylamine groups is 3. The van der Waals surface area contributed by atoms with E-state index in [1.807, 2.05) is 0 Å². The summed E-state index contributed by atoms with van der Waals surface area (Å²) in [4.78, 5) is 39.5. The van der Waals surface area contributed by atoms with Crippen molar-refractivity contribution < 1.29 is 23.9 Å². The van der Waals surface area contributed by atoms with Crippen LogP contribution in [0.4, 0.5) is 0 Å². The second-order valence-corrected chi connectivity index (χ2v) is 4.74. The molecule has 0 aromatic heterocycles. The molecule has 0 aliphatic carbocycles. The summed E-state index contributed by atoms with van der Waals surface area (Å²) in [5.41, 5.74) is 0. The lowest BCUT2D eigenvalue weighted by molar-refractivity contribution is -1.10. The third-order valence-corrected chi connectivity index (χ3v) is 3.10. The Morgan fingerprint density at radius 1 is 1.18 bits per heavy atom. The quantitative estimate of drug-likeness (QED) is 0.690. The van der Waals surface area contributed by atoms with Crippen LogP contribution in [0.15, 0.2) is 0 Å². The van der Waals surface area contributed by atoms with Crippen LogP contribution in [0.3, 0.4) is 0 Å². The zero-order chi connectivity index (χ0) is 13.1. The largest absolute Gasteiger partial charge is 0.363 e. The molecule has 2 atom stereocenters. The summed E-state index contributed by atoms with van der Waals surface area (Å²) in [6.45, 7) is 4.89. The fraction of sp³-hybridized carbons (Fsp3) is 0.750. The number of ketones is 2. The zero-order valence-electron chi connectivity index (χ0n) is 10.7. The van der Waals surface area contributed by atoms with Crippen LogP contribution >= 0.6 is 0 Å². The van der Waals surface area contributed by atoms with Crippen molar-refractivity contribution in [1.29, 1.82) is 0 Å². The predicted octanol–water partition coefficient (Wildman–Crippen LogP) is 1.01. The molecule has 0 spiro atoms. The molecule has 96 valence electrons. The first kappa shape index (κ1) is 13.8. The Balaban J connectivity index is 3.02. The first-order valence-corrected chi connectivity index (χ1v) is 5.94. The van der Waals surface area contributed by atoms with Gasteiger partial charge in [0.05, 0.1) is 0 Å². The van der Waals surface area contributed by atoms with E-state index in [2.05, 4.69) is 0 Å². The van der Waals surface area contributed by atoms with Crippen LogP contribution in [0.5, 0.6) is 0 Å². The molecule has 0 aromatic rings. The lowest BCUT2D eigenvalue weighted by Crippen LogP contribution is -2.62. The number of hydrogen-bond donors (Lipinski definition) is 0. The lowest BCUT2D eigenvalue weighted by Gasteiger charge is -2.41. The minimum absolute atomic E-state index is 0.0211. The van der Waals surface area contributed by atoms with E-state index < -0.39 is 12.0 Å². The molecular formula is C12H20NO4+. The number of piperidine rings is 1. The van der Waals surface area contributed by atoms with Crippen molar-refractivity contribution in [1.82, 2.24) is 0 Å². The number of likely N-dealkylation sites (tertiary alicyclic amines) is 1. The van der Waals surface area contributed by atoms with Gasteiger partial charge in [-0.25, -0.2) is 4.79 Å². The topological polar surface area (TPSA) is 60.4 Å². The second-order valence-electron chi connectivity index (χ2n) is 4.74. The van der Waals surface area contributed by atoms with E-state index in [4.69, 9.17) is 4.84 Å². The lowest BCUT2D eigenvalue weighted by atomic mass is 9.98. The summed E-state index contributed by atoms with van der Waals surface area (Å²) >= 11 is 0. The minimum Gasteiger partial charge on any atom is -0.294 e. The van der Waals surface area contributed by atoms with Gasteiger partial charge in [-0.05, 0) is 6.42 Å². The molecule has 5 nitrogen and oxygen atoms in total. The van der Waals surface area contributed by atoms with E-state index in [0.717, 1.165) is 12.8 Å². The normalized spacial score (nSPS) is 28.5. The zero-order valence-corrected chi connectivity index (χ0v) is 10.7. The molecule has 0 radical (unpaired) electrons. The van der Waals surface area contributed by atoms with Gasteiger partial charge in [0.15, 0.2) is 24.2 Å². The number of carbonyl (C=O) groups excluding carboxylic acids is 3. The van der Waals surface area contributed by atoms with Crippen LogP contribution in [0.2, 0.25) is 0 Å². The monoisotopic (exact) mass is 242 g/mol. The number of carbonyl (C=O) groups is 3. The molecule has 2 unspecified atom stereocenters. The Morgan fingerprint density at radius 3 is 2.29 bits per heavy atom. The molecule has 5 heteroatoms. The van der Waals surface area contributed by atoms with Crippen molar-refractivity contribution in [3.63, 3.8) is 0 Å². The molecule has 1 rings (SSSR count). The number of quaternary nitrogens is 1.